The summed E-state index contributed by atoms with van der Waals surface area (Å²) in [6.45, 7) is 5.33. The number of amides is 2. The van der Waals surface area contributed by atoms with Crippen LogP contribution in [0.3, 0.4) is 0 Å². The molecule has 15 heavy (non-hydrogen) atoms. The average Bonchev–Trinajstić information content (AvgIpc) is 2.24. The van der Waals surface area contributed by atoms with Gasteiger partial charge in [0.05, 0.1) is 6.67 Å². The highest BCUT2D eigenvalue weighted by molar-refractivity contribution is 6.35. The molecule has 0 rings (SSSR count). The summed E-state index contributed by atoms with van der Waals surface area (Å²) in [7, 11) is 0. The van der Waals surface area contributed by atoms with Gasteiger partial charge in [0.25, 0.3) is 0 Å². The van der Waals surface area contributed by atoms with E-state index in [-0.39, 0.29) is 6.67 Å². The second kappa shape index (κ2) is 8.49. The van der Waals surface area contributed by atoms with Gasteiger partial charge in [-0.1, -0.05) is 12.7 Å². The van der Waals surface area contributed by atoms with Crippen molar-refractivity contribution in [1.29, 1.82) is 0 Å². The van der Waals surface area contributed by atoms with E-state index in [0.717, 1.165) is 0 Å². The Morgan fingerprint density at radius 3 is 2.73 bits per heavy atom. The molecule has 0 saturated carbocycles. The number of hydrogen-bond acceptors (Lipinski definition) is 4. The summed E-state index contributed by atoms with van der Waals surface area (Å²) in [5.41, 5.74) is 2.06. The molecule has 0 unspecified atom stereocenters. The highest BCUT2D eigenvalue weighted by Crippen LogP contribution is 1.69. The Morgan fingerprint density at radius 2 is 2.13 bits per heavy atom. The molecule has 0 aliphatic carbocycles. The maximum absolute atomic E-state index is 11.0. The van der Waals surface area contributed by atoms with Gasteiger partial charge in [0, 0.05) is 6.21 Å². The van der Waals surface area contributed by atoms with E-state index in [1.54, 1.807) is 12.2 Å². The van der Waals surface area contributed by atoms with Crippen molar-refractivity contribution in [2.75, 3.05) is 6.67 Å². The summed E-state index contributed by atoms with van der Waals surface area (Å²) in [4.78, 5) is 22.0. The fourth-order valence-corrected chi connectivity index (χ4v) is 0.560. The summed E-state index contributed by atoms with van der Waals surface area (Å²) in [5, 5.41) is 8.41. The van der Waals surface area contributed by atoms with Crippen molar-refractivity contribution in [3.8, 4) is 0 Å². The molecular formula is C9H14N4O2. The third-order valence-corrected chi connectivity index (χ3v) is 1.22. The molecule has 82 valence electrons. The van der Waals surface area contributed by atoms with Crippen LogP contribution in [0.5, 0.6) is 0 Å². The highest BCUT2D eigenvalue weighted by Gasteiger charge is 2.10. The predicted octanol–water partition coefficient (Wildman–Crippen LogP) is -0.529. The van der Waals surface area contributed by atoms with Gasteiger partial charge in [-0.3, -0.25) is 9.59 Å². The van der Waals surface area contributed by atoms with Crippen LogP contribution in [0.1, 0.15) is 6.92 Å². The van der Waals surface area contributed by atoms with Gasteiger partial charge in [0.15, 0.2) is 0 Å². The molecule has 0 aromatic heterocycles. The van der Waals surface area contributed by atoms with Crippen LogP contribution in [0.2, 0.25) is 0 Å². The lowest BCUT2D eigenvalue weighted by Gasteiger charge is -2.02. The molecule has 0 heterocycles. The minimum atomic E-state index is -0.818. The molecule has 0 saturated heterocycles. The minimum Gasteiger partial charge on any atom is -0.374 e. The molecule has 0 aromatic carbocycles. The number of rotatable bonds is 5. The second-order valence-electron chi connectivity index (χ2n) is 2.34. The first kappa shape index (κ1) is 12.9. The Labute approximate surface area is 88.1 Å². The number of allylic oxidation sites excluding steroid dienone is 2. The molecule has 0 radical (unpaired) electrons. The lowest BCUT2D eigenvalue weighted by Crippen LogP contribution is -2.41. The zero-order valence-electron chi connectivity index (χ0n) is 8.49. The van der Waals surface area contributed by atoms with E-state index < -0.39 is 11.8 Å². The van der Waals surface area contributed by atoms with E-state index >= 15 is 0 Å². The fourth-order valence-electron chi connectivity index (χ4n) is 0.560. The molecule has 0 aliphatic rings. The third-order valence-electron chi connectivity index (χ3n) is 1.22. The summed E-state index contributed by atoms with van der Waals surface area (Å²) in [6, 6.07) is 0. The molecular weight excluding hydrogens is 196 g/mol. The first-order chi connectivity index (χ1) is 7.22. The molecule has 6 nitrogen and oxygen atoms in total. The Bertz CT molecular complexity index is 284. The SMILES string of the molecule is C=CNCNC(=O)C(=O)NN=C/C=C\C. The molecule has 0 spiro atoms. The van der Waals surface area contributed by atoms with E-state index in [4.69, 9.17) is 0 Å². The van der Waals surface area contributed by atoms with Gasteiger partial charge in [-0.05, 0) is 19.2 Å². The van der Waals surface area contributed by atoms with Gasteiger partial charge in [-0.15, -0.1) is 0 Å². The van der Waals surface area contributed by atoms with Crippen LogP contribution in [-0.2, 0) is 9.59 Å². The lowest BCUT2D eigenvalue weighted by molar-refractivity contribution is -0.139. The van der Waals surface area contributed by atoms with Crippen LogP contribution in [0, 0.1) is 0 Å². The summed E-state index contributed by atoms with van der Waals surface area (Å²) >= 11 is 0. The Balaban J connectivity index is 3.78. The van der Waals surface area contributed by atoms with E-state index in [1.807, 2.05) is 6.92 Å². The van der Waals surface area contributed by atoms with Crippen molar-refractivity contribution in [2.45, 2.75) is 6.92 Å². The zero-order valence-corrected chi connectivity index (χ0v) is 8.49. The summed E-state index contributed by atoms with van der Waals surface area (Å²) < 4.78 is 0. The number of carbonyl (C=O) groups is 2. The average molecular weight is 210 g/mol. The molecule has 0 bridgehead atoms. The molecule has 3 N–H and O–H groups in total. The van der Waals surface area contributed by atoms with Crippen LogP contribution in [-0.4, -0.2) is 24.7 Å². The quantitative estimate of drug-likeness (QED) is 0.187. The first-order valence-electron chi connectivity index (χ1n) is 4.29. The standard InChI is InChI=1S/C9H14N4O2/c1-3-5-6-12-13-9(15)8(14)11-7-10-4-2/h3-6,10H,2,7H2,1H3,(H,11,14)(H,13,15)/b5-3-,12-6?. The van der Waals surface area contributed by atoms with E-state index in [0.29, 0.717) is 0 Å². The van der Waals surface area contributed by atoms with Crippen molar-refractivity contribution in [2.24, 2.45) is 5.10 Å². The van der Waals surface area contributed by atoms with Gasteiger partial charge in [-0.2, -0.15) is 5.10 Å². The predicted molar refractivity (Wildman–Crippen MR) is 57.8 cm³/mol. The summed E-state index contributed by atoms with van der Waals surface area (Å²) in [5.74, 6) is -1.58. The molecule has 0 aliphatic heterocycles. The van der Waals surface area contributed by atoms with Gasteiger partial charge in [-0.25, -0.2) is 5.43 Å². The minimum absolute atomic E-state index is 0.147. The zero-order chi connectivity index (χ0) is 11.5. The van der Waals surface area contributed by atoms with Gasteiger partial charge < -0.3 is 10.6 Å². The van der Waals surface area contributed by atoms with Crippen molar-refractivity contribution < 1.29 is 9.59 Å². The van der Waals surface area contributed by atoms with Crippen LogP contribution in [0.15, 0.2) is 30.0 Å². The summed E-state index contributed by atoms with van der Waals surface area (Å²) in [6.07, 6.45) is 6.14. The van der Waals surface area contributed by atoms with Crippen LogP contribution in [0.25, 0.3) is 0 Å². The molecule has 0 atom stereocenters. The highest BCUT2D eigenvalue weighted by atomic mass is 16.2. The monoisotopic (exact) mass is 210 g/mol. The third kappa shape index (κ3) is 7.00. The van der Waals surface area contributed by atoms with E-state index in [1.165, 1.54) is 12.4 Å². The lowest BCUT2D eigenvalue weighted by atomic mass is 10.5. The fraction of sp³-hybridized carbons (Fsp3) is 0.222. The van der Waals surface area contributed by atoms with Crippen LogP contribution >= 0.6 is 0 Å². The second-order valence-corrected chi connectivity index (χ2v) is 2.34. The number of carbonyl (C=O) groups excluding carboxylic acids is 2. The van der Waals surface area contributed by atoms with Gasteiger partial charge >= 0.3 is 11.8 Å². The Kier molecular flexibility index (Phi) is 7.29. The molecule has 0 aromatic rings. The van der Waals surface area contributed by atoms with E-state index in [9.17, 15) is 9.59 Å². The van der Waals surface area contributed by atoms with E-state index in [2.05, 4.69) is 27.7 Å². The van der Waals surface area contributed by atoms with Crippen molar-refractivity contribution >= 4 is 18.0 Å². The number of nitrogens with zero attached hydrogens (tertiary/aromatic N) is 1. The number of nitrogens with one attached hydrogen (secondary N) is 3. The van der Waals surface area contributed by atoms with Gasteiger partial charge in [0.2, 0.25) is 0 Å². The maximum Gasteiger partial charge on any atom is 0.329 e. The maximum atomic E-state index is 11.0. The van der Waals surface area contributed by atoms with Crippen LogP contribution in [0.4, 0.5) is 0 Å². The number of hydrogen-bond donors (Lipinski definition) is 3. The molecule has 6 heteroatoms. The Hall–Kier alpha value is -2.11. The van der Waals surface area contributed by atoms with Crippen molar-refractivity contribution in [3.63, 3.8) is 0 Å². The van der Waals surface area contributed by atoms with Gasteiger partial charge in [0.1, 0.15) is 0 Å². The smallest absolute Gasteiger partial charge is 0.329 e. The van der Waals surface area contributed by atoms with Crippen molar-refractivity contribution in [3.05, 3.63) is 24.9 Å². The molecule has 0 fully saturated rings. The van der Waals surface area contributed by atoms with Crippen molar-refractivity contribution in [1.82, 2.24) is 16.1 Å². The normalized spacial score (nSPS) is 10.2. The first-order valence-corrected chi connectivity index (χ1v) is 4.29. The molecule has 2 amide bonds. The topological polar surface area (TPSA) is 82.6 Å². The largest absolute Gasteiger partial charge is 0.374 e. The number of hydrazone groups is 1. The van der Waals surface area contributed by atoms with Crippen LogP contribution < -0.4 is 16.1 Å². The Morgan fingerprint density at radius 1 is 1.40 bits per heavy atom.